The molecular formula is C20H25N3OS. The topological polar surface area (TPSA) is 54.0 Å². The van der Waals surface area contributed by atoms with Crippen molar-refractivity contribution in [3.8, 4) is 0 Å². The Hall–Kier alpha value is -1.72. The lowest BCUT2D eigenvalue weighted by molar-refractivity contribution is -0.125. The Morgan fingerprint density at radius 2 is 2.16 bits per heavy atom. The van der Waals surface area contributed by atoms with E-state index in [0.717, 1.165) is 49.4 Å². The number of allylic oxidation sites excluding steroid dienone is 2. The Balaban J connectivity index is 1.43. The molecule has 2 heterocycles. The maximum Gasteiger partial charge on any atom is 0.224 e. The second-order valence-corrected chi connectivity index (χ2v) is 8.18. The lowest BCUT2D eigenvalue weighted by Crippen LogP contribution is -2.36. The Morgan fingerprint density at radius 1 is 1.28 bits per heavy atom. The van der Waals surface area contributed by atoms with Gasteiger partial charge in [-0.3, -0.25) is 4.79 Å². The average Bonchev–Trinajstić information content (AvgIpc) is 3.31. The van der Waals surface area contributed by atoms with Gasteiger partial charge in [0.15, 0.2) is 0 Å². The molecule has 4 rings (SSSR count). The smallest absolute Gasteiger partial charge is 0.224 e. The van der Waals surface area contributed by atoms with E-state index in [9.17, 15) is 4.79 Å². The summed E-state index contributed by atoms with van der Waals surface area (Å²) in [7, 11) is 0. The maximum absolute atomic E-state index is 12.8. The van der Waals surface area contributed by atoms with Gasteiger partial charge in [-0.2, -0.15) is 0 Å². The van der Waals surface area contributed by atoms with Gasteiger partial charge in [0.25, 0.3) is 0 Å². The van der Waals surface area contributed by atoms with Crippen LogP contribution in [-0.2, 0) is 4.79 Å². The second-order valence-electron chi connectivity index (χ2n) is 7.11. The molecule has 1 aromatic heterocycles. The molecule has 0 bridgehead atoms. The number of amides is 1. The van der Waals surface area contributed by atoms with Crippen LogP contribution in [0.1, 0.15) is 36.6 Å². The number of rotatable bonds is 5. The molecule has 3 unspecified atom stereocenters. The average molecular weight is 356 g/mol. The summed E-state index contributed by atoms with van der Waals surface area (Å²) in [5, 5.41) is 7.68. The van der Waals surface area contributed by atoms with Crippen molar-refractivity contribution in [1.82, 2.24) is 15.6 Å². The fourth-order valence-corrected chi connectivity index (χ4v) is 5.06. The van der Waals surface area contributed by atoms with E-state index in [4.69, 9.17) is 4.98 Å². The highest BCUT2D eigenvalue weighted by molar-refractivity contribution is 7.18. The number of aromatic nitrogens is 1. The van der Waals surface area contributed by atoms with Crippen LogP contribution in [0.15, 0.2) is 36.4 Å². The van der Waals surface area contributed by atoms with Crippen LogP contribution in [-0.4, -0.2) is 30.5 Å². The van der Waals surface area contributed by atoms with E-state index in [2.05, 4.69) is 34.9 Å². The molecule has 0 spiro atoms. The summed E-state index contributed by atoms with van der Waals surface area (Å²) in [5.41, 5.74) is 1.05. The minimum absolute atomic E-state index is 0.00673. The monoisotopic (exact) mass is 355 g/mol. The summed E-state index contributed by atoms with van der Waals surface area (Å²) >= 11 is 1.74. The van der Waals surface area contributed by atoms with Crippen molar-refractivity contribution >= 4 is 27.5 Å². The number of nitrogens with zero attached hydrogens (tertiary/aromatic N) is 1. The first-order chi connectivity index (χ1) is 12.3. The fraction of sp³-hybridized carbons (Fsp3) is 0.500. The van der Waals surface area contributed by atoms with Gasteiger partial charge in [-0.05, 0) is 56.8 Å². The minimum atomic E-state index is 0.00673. The lowest BCUT2D eigenvalue weighted by atomic mass is 9.82. The molecule has 3 atom stereocenters. The maximum atomic E-state index is 12.8. The normalized spacial score (nSPS) is 26.2. The summed E-state index contributed by atoms with van der Waals surface area (Å²) in [6, 6.07) is 8.24. The number of para-hydroxylation sites is 1. The van der Waals surface area contributed by atoms with Gasteiger partial charge >= 0.3 is 0 Å². The van der Waals surface area contributed by atoms with Gasteiger partial charge in [-0.15, -0.1) is 11.3 Å². The zero-order valence-corrected chi connectivity index (χ0v) is 15.2. The molecule has 5 heteroatoms. The molecule has 1 aliphatic carbocycles. The molecule has 2 aliphatic rings. The number of hydrogen-bond acceptors (Lipinski definition) is 4. The fourth-order valence-electron chi connectivity index (χ4n) is 3.92. The third-order valence-corrected chi connectivity index (χ3v) is 6.58. The molecule has 1 aliphatic heterocycles. The molecule has 132 valence electrons. The highest BCUT2D eigenvalue weighted by Gasteiger charge is 2.32. The highest BCUT2D eigenvalue weighted by atomic mass is 32.1. The van der Waals surface area contributed by atoms with Crippen LogP contribution >= 0.6 is 11.3 Å². The van der Waals surface area contributed by atoms with E-state index in [0.29, 0.717) is 5.92 Å². The van der Waals surface area contributed by atoms with E-state index in [1.807, 2.05) is 12.1 Å². The predicted molar refractivity (Wildman–Crippen MR) is 103 cm³/mol. The van der Waals surface area contributed by atoms with Crippen molar-refractivity contribution in [3.05, 3.63) is 41.4 Å². The van der Waals surface area contributed by atoms with Crippen LogP contribution in [0.5, 0.6) is 0 Å². The van der Waals surface area contributed by atoms with Crippen molar-refractivity contribution < 1.29 is 4.79 Å². The summed E-state index contributed by atoms with van der Waals surface area (Å²) in [6.45, 7) is 3.00. The van der Waals surface area contributed by atoms with Gasteiger partial charge in [0, 0.05) is 12.5 Å². The molecule has 0 radical (unpaired) electrons. The number of benzene rings is 1. The van der Waals surface area contributed by atoms with Crippen LogP contribution in [0.4, 0.5) is 0 Å². The van der Waals surface area contributed by atoms with Crippen LogP contribution in [0, 0.1) is 11.8 Å². The van der Waals surface area contributed by atoms with Crippen molar-refractivity contribution in [2.75, 3.05) is 19.6 Å². The van der Waals surface area contributed by atoms with Crippen LogP contribution in [0.2, 0.25) is 0 Å². The van der Waals surface area contributed by atoms with E-state index in [1.54, 1.807) is 11.3 Å². The molecule has 25 heavy (non-hydrogen) atoms. The van der Waals surface area contributed by atoms with Gasteiger partial charge in [-0.25, -0.2) is 4.98 Å². The van der Waals surface area contributed by atoms with Crippen LogP contribution in [0.3, 0.4) is 0 Å². The summed E-state index contributed by atoms with van der Waals surface area (Å²) in [4.78, 5) is 17.6. The van der Waals surface area contributed by atoms with Crippen LogP contribution < -0.4 is 10.6 Å². The zero-order valence-electron chi connectivity index (χ0n) is 14.4. The summed E-state index contributed by atoms with van der Waals surface area (Å²) in [5.74, 6) is 1.12. The van der Waals surface area contributed by atoms with Crippen molar-refractivity contribution in [2.24, 2.45) is 11.8 Å². The lowest BCUT2D eigenvalue weighted by Gasteiger charge is -2.26. The standard InChI is InChI=1S/C20H25N3OS/c24-19(22-12-10-14-9-11-21-13-14)15-5-1-2-6-16(15)20-23-17-7-3-4-8-18(17)25-20/h1-4,7-8,14-16,21H,5-6,9-13H2,(H,22,24). The highest BCUT2D eigenvalue weighted by Crippen LogP contribution is 2.38. The third-order valence-electron chi connectivity index (χ3n) is 5.41. The molecule has 1 fully saturated rings. The van der Waals surface area contributed by atoms with Crippen LogP contribution in [0.25, 0.3) is 10.2 Å². The number of nitrogens with one attached hydrogen (secondary N) is 2. The summed E-state index contributed by atoms with van der Waals surface area (Å²) in [6.07, 6.45) is 8.38. The molecule has 4 nitrogen and oxygen atoms in total. The Morgan fingerprint density at radius 3 is 3.00 bits per heavy atom. The van der Waals surface area contributed by atoms with Crippen molar-refractivity contribution in [3.63, 3.8) is 0 Å². The molecule has 2 aromatic rings. The van der Waals surface area contributed by atoms with E-state index < -0.39 is 0 Å². The first-order valence-corrected chi connectivity index (χ1v) is 10.1. The molecular weight excluding hydrogens is 330 g/mol. The first-order valence-electron chi connectivity index (χ1n) is 9.30. The largest absolute Gasteiger partial charge is 0.356 e. The first kappa shape index (κ1) is 16.7. The molecule has 1 aromatic carbocycles. The number of hydrogen-bond donors (Lipinski definition) is 2. The predicted octanol–water partition coefficient (Wildman–Crippen LogP) is 3.46. The van der Waals surface area contributed by atoms with Crippen molar-refractivity contribution in [2.45, 2.75) is 31.6 Å². The van der Waals surface area contributed by atoms with E-state index in [1.165, 1.54) is 11.1 Å². The van der Waals surface area contributed by atoms with Gasteiger partial charge < -0.3 is 10.6 Å². The number of thiazole rings is 1. The van der Waals surface area contributed by atoms with Gasteiger partial charge in [0.1, 0.15) is 0 Å². The Labute approximate surface area is 152 Å². The Bertz CT molecular complexity index is 730. The molecule has 2 N–H and O–H groups in total. The van der Waals surface area contributed by atoms with Gasteiger partial charge in [0.05, 0.1) is 21.1 Å². The van der Waals surface area contributed by atoms with E-state index in [-0.39, 0.29) is 17.7 Å². The number of carbonyl (C=O) groups is 1. The zero-order chi connectivity index (χ0) is 17.1. The quantitative estimate of drug-likeness (QED) is 0.808. The van der Waals surface area contributed by atoms with Crippen molar-refractivity contribution in [1.29, 1.82) is 0 Å². The minimum Gasteiger partial charge on any atom is -0.356 e. The molecule has 1 saturated heterocycles. The molecule has 1 amide bonds. The second kappa shape index (κ2) is 7.67. The SMILES string of the molecule is O=C(NCCC1CCNC1)C1CC=CCC1c1nc2ccccc2s1. The number of fused-ring (bicyclic) bond motifs is 1. The van der Waals surface area contributed by atoms with E-state index >= 15 is 0 Å². The van der Waals surface area contributed by atoms with Gasteiger partial charge in [-0.1, -0.05) is 24.3 Å². The molecule has 0 saturated carbocycles. The number of carbonyl (C=O) groups excluding carboxylic acids is 1. The third kappa shape index (κ3) is 3.77. The van der Waals surface area contributed by atoms with Gasteiger partial charge in [0.2, 0.25) is 5.91 Å². The summed E-state index contributed by atoms with van der Waals surface area (Å²) < 4.78 is 1.21. The Kier molecular flexibility index (Phi) is 5.13.